The Hall–Kier alpha value is -1.60. The molecule has 1 aliphatic carbocycles. The van der Waals surface area contributed by atoms with Gasteiger partial charge in [0.05, 0.1) is 6.10 Å². The SMILES string of the molecule is I.NC(=NCC1CCCOC1c1ccccc1)Nc1cccc2c1CCCC2. The van der Waals surface area contributed by atoms with Crippen molar-refractivity contribution in [1.29, 1.82) is 0 Å². The van der Waals surface area contributed by atoms with Crippen LogP contribution in [0.3, 0.4) is 0 Å². The maximum Gasteiger partial charge on any atom is 0.193 e. The Morgan fingerprint density at radius 2 is 1.86 bits per heavy atom. The number of hydrogen-bond donors (Lipinski definition) is 2. The fraction of sp³-hybridized carbons (Fsp3) is 0.435. The van der Waals surface area contributed by atoms with E-state index in [1.807, 2.05) is 6.07 Å². The average Bonchev–Trinajstić information content (AvgIpc) is 2.73. The largest absolute Gasteiger partial charge is 0.373 e. The van der Waals surface area contributed by atoms with Gasteiger partial charge < -0.3 is 15.8 Å². The number of ether oxygens (including phenoxy) is 1. The predicted molar refractivity (Wildman–Crippen MR) is 126 cm³/mol. The van der Waals surface area contributed by atoms with E-state index in [1.165, 1.54) is 36.0 Å². The Bertz CT molecular complexity index is 794. The number of fused-ring (bicyclic) bond motifs is 1. The highest BCUT2D eigenvalue weighted by atomic mass is 127. The molecule has 0 aromatic heterocycles. The van der Waals surface area contributed by atoms with Gasteiger partial charge in [-0.05, 0) is 61.3 Å². The third-order valence-corrected chi connectivity index (χ3v) is 5.73. The molecule has 4 rings (SSSR count). The fourth-order valence-corrected chi connectivity index (χ4v) is 4.33. The summed E-state index contributed by atoms with van der Waals surface area (Å²) in [6, 6.07) is 16.9. The number of anilines is 1. The molecule has 3 N–H and O–H groups in total. The normalized spacial score (nSPS) is 22.1. The summed E-state index contributed by atoms with van der Waals surface area (Å²) in [5.74, 6) is 0.873. The Morgan fingerprint density at radius 1 is 1.04 bits per heavy atom. The van der Waals surface area contributed by atoms with Gasteiger partial charge in [0.25, 0.3) is 0 Å². The van der Waals surface area contributed by atoms with Crippen LogP contribution in [0.25, 0.3) is 0 Å². The first-order chi connectivity index (χ1) is 13.3. The number of aryl methyl sites for hydroxylation is 1. The summed E-state index contributed by atoms with van der Waals surface area (Å²) in [5.41, 5.74) is 11.4. The van der Waals surface area contributed by atoms with Crippen LogP contribution in [-0.2, 0) is 17.6 Å². The predicted octanol–water partition coefficient (Wildman–Crippen LogP) is 5.08. The van der Waals surface area contributed by atoms with Crippen molar-refractivity contribution < 1.29 is 4.74 Å². The second kappa shape index (κ2) is 10.3. The average molecular weight is 491 g/mol. The van der Waals surface area contributed by atoms with Crippen molar-refractivity contribution in [2.45, 2.75) is 44.6 Å². The second-order valence-corrected chi connectivity index (χ2v) is 7.61. The number of guanidine groups is 1. The van der Waals surface area contributed by atoms with Crippen LogP contribution in [0.2, 0.25) is 0 Å². The lowest BCUT2D eigenvalue weighted by Gasteiger charge is -2.31. The summed E-state index contributed by atoms with van der Waals surface area (Å²) < 4.78 is 6.07. The molecule has 4 nitrogen and oxygen atoms in total. The van der Waals surface area contributed by atoms with Gasteiger partial charge in [-0.2, -0.15) is 0 Å². The number of aliphatic imine (C=N–C) groups is 1. The zero-order valence-corrected chi connectivity index (χ0v) is 18.6. The summed E-state index contributed by atoms with van der Waals surface area (Å²) in [7, 11) is 0. The third-order valence-electron chi connectivity index (χ3n) is 5.73. The van der Waals surface area contributed by atoms with Crippen molar-refractivity contribution in [3.8, 4) is 0 Å². The number of nitrogens with zero attached hydrogens (tertiary/aromatic N) is 1. The van der Waals surface area contributed by atoms with Crippen molar-refractivity contribution in [2.24, 2.45) is 16.6 Å². The van der Waals surface area contributed by atoms with Gasteiger partial charge in [0.1, 0.15) is 0 Å². The number of nitrogens with one attached hydrogen (secondary N) is 1. The van der Waals surface area contributed by atoms with Gasteiger partial charge in [-0.15, -0.1) is 24.0 Å². The first-order valence-corrected chi connectivity index (χ1v) is 10.2. The standard InChI is InChI=1S/C23H29N3O.HI/c24-23(26-21-14-6-11-17-8-4-5-13-20(17)21)25-16-19-12-7-15-27-22(19)18-9-2-1-3-10-18;/h1-3,6,9-11,14,19,22H,4-5,7-8,12-13,15-16H2,(H3,24,25,26);1H. The molecular formula is C23H30IN3O. The minimum atomic E-state index is 0. The highest BCUT2D eigenvalue weighted by Crippen LogP contribution is 2.34. The fourth-order valence-electron chi connectivity index (χ4n) is 4.33. The molecule has 28 heavy (non-hydrogen) atoms. The van der Waals surface area contributed by atoms with Gasteiger partial charge in [0.15, 0.2) is 5.96 Å². The Balaban J connectivity index is 0.00000225. The number of halogens is 1. The highest BCUT2D eigenvalue weighted by Gasteiger charge is 2.27. The third kappa shape index (κ3) is 5.06. The van der Waals surface area contributed by atoms with E-state index in [4.69, 9.17) is 10.5 Å². The van der Waals surface area contributed by atoms with Gasteiger partial charge >= 0.3 is 0 Å². The molecule has 2 aliphatic rings. The summed E-state index contributed by atoms with van der Waals surface area (Å²) >= 11 is 0. The van der Waals surface area contributed by atoms with Crippen LogP contribution in [0.15, 0.2) is 53.5 Å². The molecule has 1 saturated heterocycles. The van der Waals surface area contributed by atoms with Crippen molar-refractivity contribution in [2.75, 3.05) is 18.5 Å². The lowest BCUT2D eigenvalue weighted by Crippen LogP contribution is -2.28. The number of hydrogen-bond acceptors (Lipinski definition) is 2. The van der Waals surface area contributed by atoms with Crippen molar-refractivity contribution >= 4 is 35.6 Å². The van der Waals surface area contributed by atoms with Crippen LogP contribution in [0, 0.1) is 5.92 Å². The second-order valence-electron chi connectivity index (χ2n) is 7.61. The van der Waals surface area contributed by atoms with Crippen LogP contribution >= 0.6 is 24.0 Å². The minimum absolute atomic E-state index is 0. The summed E-state index contributed by atoms with van der Waals surface area (Å²) in [6.07, 6.45) is 7.14. The van der Waals surface area contributed by atoms with Gasteiger partial charge in [-0.3, -0.25) is 4.99 Å². The van der Waals surface area contributed by atoms with Crippen molar-refractivity contribution in [3.63, 3.8) is 0 Å². The zero-order valence-electron chi connectivity index (χ0n) is 16.3. The van der Waals surface area contributed by atoms with E-state index >= 15 is 0 Å². The van der Waals surface area contributed by atoms with Crippen LogP contribution in [0.4, 0.5) is 5.69 Å². The molecule has 1 heterocycles. The molecule has 2 aromatic carbocycles. The maximum absolute atomic E-state index is 6.24. The van der Waals surface area contributed by atoms with E-state index in [9.17, 15) is 0 Å². The Labute approximate surface area is 185 Å². The topological polar surface area (TPSA) is 59.6 Å². The first kappa shape index (κ1) is 21.1. The molecule has 1 fully saturated rings. The van der Waals surface area contributed by atoms with Crippen LogP contribution in [0.1, 0.15) is 48.5 Å². The lowest BCUT2D eigenvalue weighted by atomic mass is 9.89. The number of nitrogens with two attached hydrogens (primary N) is 1. The molecule has 2 unspecified atom stereocenters. The van der Waals surface area contributed by atoms with Gasteiger partial charge in [-0.25, -0.2) is 0 Å². The molecule has 0 spiro atoms. The smallest absolute Gasteiger partial charge is 0.193 e. The molecule has 0 radical (unpaired) electrons. The van der Waals surface area contributed by atoms with E-state index < -0.39 is 0 Å². The van der Waals surface area contributed by atoms with Crippen molar-refractivity contribution in [1.82, 2.24) is 0 Å². The minimum Gasteiger partial charge on any atom is -0.373 e. The van der Waals surface area contributed by atoms with Gasteiger partial charge in [0.2, 0.25) is 0 Å². The first-order valence-electron chi connectivity index (χ1n) is 10.2. The lowest BCUT2D eigenvalue weighted by molar-refractivity contribution is -0.0249. The van der Waals surface area contributed by atoms with E-state index in [0.29, 0.717) is 18.4 Å². The van der Waals surface area contributed by atoms with E-state index in [0.717, 1.165) is 31.6 Å². The van der Waals surface area contributed by atoms with Gasteiger partial charge in [-0.1, -0.05) is 42.5 Å². The molecule has 0 amide bonds. The van der Waals surface area contributed by atoms with Gasteiger partial charge in [0, 0.05) is 24.8 Å². The maximum atomic E-state index is 6.24. The van der Waals surface area contributed by atoms with E-state index in [2.05, 4.69) is 52.8 Å². The number of benzene rings is 2. The summed E-state index contributed by atoms with van der Waals surface area (Å²) in [6.45, 7) is 1.51. The molecular weight excluding hydrogens is 461 g/mol. The Morgan fingerprint density at radius 3 is 2.71 bits per heavy atom. The van der Waals surface area contributed by atoms with Crippen LogP contribution < -0.4 is 11.1 Å². The molecule has 150 valence electrons. The van der Waals surface area contributed by atoms with Crippen LogP contribution in [0.5, 0.6) is 0 Å². The quantitative estimate of drug-likeness (QED) is 0.357. The van der Waals surface area contributed by atoms with Crippen LogP contribution in [-0.4, -0.2) is 19.1 Å². The molecule has 0 saturated carbocycles. The molecule has 1 aliphatic heterocycles. The monoisotopic (exact) mass is 491 g/mol. The highest BCUT2D eigenvalue weighted by molar-refractivity contribution is 14.0. The number of rotatable bonds is 4. The Kier molecular flexibility index (Phi) is 7.73. The van der Waals surface area contributed by atoms with Crippen molar-refractivity contribution in [3.05, 3.63) is 65.2 Å². The zero-order chi connectivity index (χ0) is 18.5. The summed E-state index contributed by atoms with van der Waals surface area (Å²) in [5, 5.41) is 3.35. The molecule has 5 heteroatoms. The molecule has 0 bridgehead atoms. The van der Waals surface area contributed by atoms with E-state index in [1.54, 1.807) is 0 Å². The van der Waals surface area contributed by atoms with E-state index in [-0.39, 0.29) is 30.1 Å². The molecule has 2 atom stereocenters. The molecule has 2 aromatic rings. The summed E-state index contributed by atoms with van der Waals surface area (Å²) in [4.78, 5) is 4.67.